The Hall–Kier alpha value is -1.01. The fourth-order valence-corrected chi connectivity index (χ4v) is 6.04. The molecule has 5 nitrogen and oxygen atoms in total. The highest BCUT2D eigenvalue weighted by molar-refractivity contribution is 5.24. The summed E-state index contributed by atoms with van der Waals surface area (Å²) < 4.78 is 10.6. The third-order valence-corrected chi connectivity index (χ3v) is 7.17. The molecule has 1 N–H and O–H groups in total. The Balaban J connectivity index is 1.50. The van der Waals surface area contributed by atoms with Gasteiger partial charge in [-0.2, -0.15) is 0 Å². The third-order valence-electron chi connectivity index (χ3n) is 7.17. The van der Waals surface area contributed by atoms with Crippen molar-refractivity contribution < 1.29 is 14.6 Å². The molecule has 6 atom stereocenters. The first-order chi connectivity index (χ1) is 13.2. The molecule has 4 rings (SSSR count). The number of morpholine rings is 1. The quantitative estimate of drug-likeness (QED) is 0.859. The molecule has 5 heteroatoms. The Morgan fingerprint density at radius 1 is 1.26 bits per heavy atom. The molecule has 1 aromatic rings. The summed E-state index contributed by atoms with van der Waals surface area (Å²) in [5.41, 5.74) is 2.06. The zero-order chi connectivity index (χ0) is 18.8. The van der Waals surface area contributed by atoms with Crippen LogP contribution in [0.1, 0.15) is 55.9 Å². The van der Waals surface area contributed by atoms with Gasteiger partial charge in [0.1, 0.15) is 6.10 Å². The minimum Gasteiger partial charge on any atom is -0.384 e. The zero-order valence-corrected chi connectivity index (χ0v) is 16.7. The number of fused-ring (bicyclic) bond motifs is 1. The molecule has 0 spiro atoms. The molecule has 27 heavy (non-hydrogen) atoms. The number of hydrogen-bond donors (Lipinski definition) is 1. The number of pyridine rings is 1. The van der Waals surface area contributed by atoms with Crippen molar-refractivity contribution in [2.24, 2.45) is 17.8 Å². The topological polar surface area (TPSA) is 54.8 Å². The van der Waals surface area contributed by atoms with Crippen LogP contribution in [0.2, 0.25) is 0 Å². The SMILES string of the molecule is COCC(O)c1ccc(C2C(C)CC3C2CCCC3N2CCOCC2)cn1. The Labute approximate surface area is 163 Å². The van der Waals surface area contributed by atoms with E-state index in [0.717, 1.165) is 44.2 Å². The number of aliphatic hydroxyl groups excluding tert-OH is 1. The first kappa shape index (κ1) is 19.3. The van der Waals surface area contributed by atoms with E-state index in [0.29, 0.717) is 17.5 Å². The highest BCUT2D eigenvalue weighted by Crippen LogP contribution is 2.54. The minimum atomic E-state index is -0.641. The molecule has 0 amide bonds. The summed E-state index contributed by atoms with van der Waals surface area (Å²) in [7, 11) is 1.60. The van der Waals surface area contributed by atoms with Crippen LogP contribution < -0.4 is 0 Å². The van der Waals surface area contributed by atoms with Crippen molar-refractivity contribution in [3.8, 4) is 0 Å². The molecule has 1 saturated heterocycles. The van der Waals surface area contributed by atoms with E-state index in [1.54, 1.807) is 7.11 Å². The predicted octanol–water partition coefficient (Wildman–Crippen LogP) is 3.00. The normalized spacial score (nSPS) is 35.7. The molecule has 3 aliphatic rings. The summed E-state index contributed by atoms with van der Waals surface area (Å²) in [6.07, 6.45) is 6.72. The molecule has 2 saturated carbocycles. The van der Waals surface area contributed by atoms with Gasteiger partial charge in [-0.3, -0.25) is 9.88 Å². The number of nitrogens with zero attached hydrogens (tertiary/aromatic N) is 2. The molecule has 1 aliphatic heterocycles. The number of methoxy groups -OCH3 is 1. The molecular weight excluding hydrogens is 340 g/mol. The van der Waals surface area contributed by atoms with Gasteiger partial charge in [0.15, 0.2) is 0 Å². The maximum Gasteiger partial charge on any atom is 0.119 e. The average Bonchev–Trinajstić information content (AvgIpc) is 3.04. The monoisotopic (exact) mass is 374 g/mol. The Bertz CT molecular complexity index is 602. The first-order valence-electron chi connectivity index (χ1n) is 10.6. The molecule has 6 unspecified atom stereocenters. The van der Waals surface area contributed by atoms with Gasteiger partial charge in [-0.15, -0.1) is 0 Å². The Kier molecular flexibility index (Phi) is 6.12. The molecule has 0 radical (unpaired) electrons. The number of ether oxygens (including phenoxy) is 2. The van der Waals surface area contributed by atoms with Crippen LogP contribution in [-0.4, -0.2) is 61.1 Å². The van der Waals surface area contributed by atoms with Crippen molar-refractivity contribution >= 4 is 0 Å². The third kappa shape index (κ3) is 3.93. The molecule has 0 bridgehead atoms. The van der Waals surface area contributed by atoms with Gasteiger partial charge in [0.25, 0.3) is 0 Å². The van der Waals surface area contributed by atoms with Gasteiger partial charge in [-0.1, -0.05) is 19.4 Å². The molecule has 3 fully saturated rings. The second-order valence-electron chi connectivity index (χ2n) is 8.70. The van der Waals surface area contributed by atoms with E-state index >= 15 is 0 Å². The lowest BCUT2D eigenvalue weighted by Gasteiger charge is -2.44. The summed E-state index contributed by atoms with van der Waals surface area (Å²) in [6.45, 7) is 6.69. The van der Waals surface area contributed by atoms with Crippen LogP contribution in [0.5, 0.6) is 0 Å². The largest absolute Gasteiger partial charge is 0.384 e. The van der Waals surface area contributed by atoms with Crippen LogP contribution in [-0.2, 0) is 9.47 Å². The van der Waals surface area contributed by atoms with E-state index in [4.69, 9.17) is 9.47 Å². The van der Waals surface area contributed by atoms with Crippen LogP contribution in [0, 0.1) is 17.8 Å². The van der Waals surface area contributed by atoms with Crippen LogP contribution in [0.3, 0.4) is 0 Å². The predicted molar refractivity (Wildman–Crippen MR) is 105 cm³/mol. The van der Waals surface area contributed by atoms with E-state index in [1.165, 1.54) is 31.2 Å². The van der Waals surface area contributed by atoms with Gasteiger partial charge in [0.05, 0.1) is 25.5 Å². The van der Waals surface area contributed by atoms with E-state index in [-0.39, 0.29) is 6.61 Å². The van der Waals surface area contributed by atoms with Crippen molar-refractivity contribution in [2.45, 2.75) is 50.7 Å². The van der Waals surface area contributed by atoms with Crippen molar-refractivity contribution in [2.75, 3.05) is 40.0 Å². The van der Waals surface area contributed by atoms with Crippen LogP contribution in [0.4, 0.5) is 0 Å². The van der Waals surface area contributed by atoms with Crippen molar-refractivity contribution in [1.29, 1.82) is 0 Å². The fourth-order valence-electron chi connectivity index (χ4n) is 6.04. The Morgan fingerprint density at radius 2 is 2.07 bits per heavy atom. The van der Waals surface area contributed by atoms with Crippen LogP contribution >= 0.6 is 0 Å². The highest BCUT2D eigenvalue weighted by Gasteiger charge is 2.48. The molecular formula is C22H34N2O3. The van der Waals surface area contributed by atoms with Crippen LogP contribution in [0.25, 0.3) is 0 Å². The van der Waals surface area contributed by atoms with E-state index in [2.05, 4.69) is 22.9 Å². The van der Waals surface area contributed by atoms with Gasteiger partial charge in [-0.25, -0.2) is 0 Å². The average molecular weight is 375 g/mol. The zero-order valence-electron chi connectivity index (χ0n) is 16.7. The smallest absolute Gasteiger partial charge is 0.119 e. The Morgan fingerprint density at radius 3 is 2.78 bits per heavy atom. The molecule has 1 aromatic heterocycles. The van der Waals surface area contributed by atoms with E-state index in [9.17, 15) is 5.11 Å². The number of hydrogen-bond acceptors (Lipinski definition) is 5. The number of rotatable bonds is 5. The van der Waals surface area contributed by atoms with Crippen LogP contribution in [0.15, 0.2) is 18.3 Å². The number of aromatic nitrogens is 1. The van der Waals surface area contributed by atoms with Crippen molar-refractivity contribution in [3.05, 3.63) is 29.6 Å². The summed E-state index contributed by atoms with van der Waals surface area (Å²) in [6, 6.07) is 4.92. The van der Waals surface area contributed by atoms with Gasteiger partial charge in [0, 0.05) is 32.4 Å². The lowest BCUT2D eigenvalue weighted by Crippen LogP contribution is -2.49. The second kappa shape index (κ2) is 8.56. The van der Waals surface area contributed by atoms with Gasteiger partial charge < -0.3 is 14.6 Å². The summed E-state index contributed by atoms with van der Waals surface area (Å²) in [5.74, 6) is 2.85. The first-order valence-corrected chi connectivity index (χ1v) is 10.6. The van der Waals surface area contributed by atoms with E-state index < -0.39 is 6.10 Å². The van der Waals surface area contributed by atoms with Crippen molar-refractivity contribution in [3.63, 3.8) is 0 Å². The maximum absolute atomic E-state index is 10.1. The molecule has 0 aromatic carbocycles. The van der Waals surface area contributed by atoms with Gasteiger partial charge in [-0.05, 0) is 54.6 Å². The molecule has 2 aliphatic carbocycles. The number of aliphatic hydroxyl groups is 1. The second-order valence-corrected chi connectivity index (χ2v) is 8.70. The van der Waals surface area contributed by atoms with E-state index in [1.807, 2.05) is 12.3 Å². The fraction of sp³-hybridized carbons (Fsp3) is 0.773. The van der Waals surface area contributed by atoms with Gasteiger partial charge >= 0.3 is 0 Å². The standard InChI is InChI=1S/C22H34N2O3/c1-15-12-18-17(4-3-5-20(18)24-8-10-27-11-9-24)22(15)16-6-7-19(23-13-16)21(25)14-26-2/h6-7,13,15,17-18,20-22,25H,3-5,8-12,14H2,1-2H3. The molecule has 2 heterocycles. The highest BCUT2D eigenvalue weighted by atomic mass is 16.5. The minimum absolute atomic E-state index is 0.290. The lowest BCUT2D eigenvalue weighted by molar-refractivity contribution is -0.0150. The molecule has 150 valence electrons. The summed E-state index contributed by atoms with van der Waals surface area (Å²) >= 11 is 0. The van der Waals surface area contributed by atoms with Gasteiger partial charge in [0.2, 0.25) is 0 Å². The lowest BCUT2D eigenvalue weighted by atomic mass is 9.72. The summed E-state index contributed by atoms with van der Waals surface area (Å²) in [4.78, 5) is 7.27. The maximum atomic E-state index is 10.1. The van der Waals surface area contributed by atoms with Crippen molar-refractivity contribution in [1.82, 2.24) is 9.88 Å². The summed E-state index contributed by atoms with van der Waals surface area (Å²) in [5, 5.41) is 10.1.